The highest BCUT2D eigenvalue weighted by atomic mass is 32.2. The Morgan fingerprint density at radius 3 is 2.68 bits per heavy atom. The highest BCUT2D eigenvalue weighted by Gasteiger charge is 2.20. The van der Waals surface area contributed by atoms with Crippen LogP contribution in [0.2, 0.25) is 0 Å². The average Bonchev–Trinajstić information content (AvgIpc) is 2.72. The first-order chi connectivity index (χ1) is 13.5. The molecule has 3 rings (SSSR count). The Bertz CT molecular complexity index is 1120. The topological polar surface area (TPSA) is 122 Å². The molecule has 0 saturated heterocycles. The Morgan fingerprint density at radius 1 is 1.29 bits per heavy atom. The van der Waals surface area contributed by atoms with E-state index < -0.39 is 10.5 Å². The van der Waals surface area contributed by atoms with E-state index in [1.54, 1.807) is 12.3 Å². The Kier molecular flexibility index (Phi) is 5.72. The van der Waals surface area contributed by atoms with Crippen molar-refractivity contribution in [2.24, 2.45) is 0 Å². The first-order valence-corrected chi connectivity index (χ1v) is 9.30. The lowest BCUT2D eigenvalue weighted by Gasteiger charge is -2.09. The molecule has 0 saturated carbocycles. The SMILES string of the molecule is CSc1nc(-c2ccc(OCc3ccccc3)c([N+](=O)[O-])c2)c(C#N)c(=O)[nH]1. The normalized spacial score (nSPS) is 10.3. The zero-order valence-corrected chi connectivity index (χ0v) is 15.5. The second kappa shape index (κ2) is 8.37. The van der Waals surface area contributed by atoms with Crippen LogP contribution < -0.4 is 10.3 Å². The summed E-state index contributed by atoms with van der Waals surface area (Å²) in [4.78, 5) is 29.8. The van der Waals surface area contributed by atoms with Crippen molar-refractivity contribution in [1.29, 1.82) is 5.26 Å². The second-order valence-corrected chi connectivity index (χ2v) is 6.42. The largest absolute Gasteiger partial charge is 0.482 e. The number of nitro benzene ring substituents is 1. The number of nitrogens with one attached hydrogen (secondary N) is 1. The van der Waals surface area contributed by atoms with Crippen LogP contribution in [0, 0.1) is 21.4 Å². The Balaban J connectivity index is 2.02. The van der Waals surface area contributed by atoms with E-state index in [-0.39, 0.29) is 34.9 Å². The Hall–Kier alpha value is -3.64. The molecule has 8 nitrogen and oxygen atoms in total. The van der Waals surface area contributed by atoms with Crippen molar-refractivity contribution in [1.82, 2.24) is 9.97 Å². The molecule has 0 aliphatic carbocycles. The van der Waals surface area contributed by atoms with Crippen LogP contribution in [0.4, 0.5) is 5.69 Å². The van der Waals surface area contributed by atoms with Gasteiger partial charge in [0.25, 0.3) is 5.56 Å². The number of hydrogen-bond donors (Lipinski definition) is 1. The number of rotatable bonds is 6. The monoisotopic (exact) mass is 394 g/mol. The maximum Gasteiger partial charge on any atom is 0.311 e. The minimum Gasteiger partial charge on any atom is -0.482 e. The zero-order valence-electron chi connectivity index (χ0n) is 14.7. The lowest BCUT2D eigenvalue weighted by Crippen LogP contribution is -2.14. The van der Waals surface area contributed by atoms with Crippen LogP contribution in [-0.2, 0) is 6.61 Å². The number of nitro groups is 1. The number of aromatic amines is 1. The highest BCUT2D eigenvalue weighted by Crippen LogP contribution is 2.33. The van der Waals surface area contributed by atoms with Gasteiger partial charge in [-0.3, -0.25) is 14.9 Å². The highest BCUT2D eigenvalue weighted by molar-refractivity contribution is 7.98. The van der Waals surface area contributed by atoms with Gasteiger partial charge in [-0.05, 0) is 24.0 Å². The first kappa shape index (κ1) is 19.1. The first-order valence-electron chi connectivity index (χ1n) is 8.07. The summed E-state index contributed by atoms with van der Waals surface area (Å²) in [5.41, 5.74) is 0.178. The van der Waals surface area contributed by atoms with Crippen LogP contribution in [0.1, 0.15) is 11.1 Å². The molecule has 0 spiro atoms. The van der Waals surface area contributed by atoms with Crippen LogP contribution in [-0.4, -0.2) is 21.1 Å². The predicted molar refractivity (Wildman–Crippen MR) is 104 cm³/mol. The van der Waals surface area contributed by atoms with Gasteiger partial charge in [0.1, 0.15) is 18.2 Å². The van der Waals surface area contributed by atoms with Gasteiger partial charge in [0.05, 0.1) is 10.6 Å². The maximum atomic E-state index is 12.1. The number of H-pyrrole nitrogens is 1. The van der Waals surface area contributed by atoms with E-state index in [1.165, 1.54) is 23.9 Å². The molecule has 28 heavy (non-hydrogen) atoms. The molecule has 0 radical (unpaired) electrons. The van der Waals surface area contributed by atoms with Crippen LogP contribution >= 0.6 is 11.8 Å². The average molecular weight is 394 g/mol. The van der Waals surface area contributed by atoms with Crippen molar-refractivity contribution < 1.29 is 9.66 Å². The molecular weight excluding hydrogens is 380 g/mol. The summed E-state index contributed by atoms with van der Waals surface area (Å²) in [6, 6.07) is 15.3. The number of aromatic nitrogens is 2. The summed E-state index contributed by atoms with van der Waals surface area (Å²) >= 11 is 1.20. The lowest BCUT2D eigenvalue weighted by atomic mass is 10.1. The Morgan fingerprint density at radius 2 is 2.04 bits per heavy atom. The Labute approximate surface area is 164 Å². The summed E-state index contributed by atoms with van der Waals surface area (Å²) in [5.74, 6) is 0.0889. The van der Waals surface area contributed by atoms with Gasteiger partial charge in [-0.25, -0.2) is 4.98 Å². The summed E-state index contributed by atoms with van der Waals surface area (Å²) in [7, 11) is 0. The molecule has 1 aromatic heterocycles. The van der Waals surface area contributed by atoms with Gasteiger partial charge in [0.15, 0.2) is 10.9 Å². The molecule has 0 bridgehead atoms. The second-order valence-electron chi connectivity index (χ2n) is 5.62. The molecule has 2 aromatic carbocycles. The van der Waals surface area contributed by atoms with Crippen molar-refractivity contribution >= 4 is 17.4 Å². The third-order valence-corrected chi connectivity index (χ3v) is 4.45. The maximum absolute atomic E-state index is 12.1. The van der Waals surface area contributed by atoms with Gasteiger partial charge >= 0.3 is 5.69 Å². The van der Waals surface area contributed by atoms with E-state index in [4.69, 9.17) is 4.74 Å². The number of nitrogens with zero attached hydrogens (tertiary/aromatic N) is 3. The fraction of sp³-hybridized carbons (Fsp3) is 0.105. The molecule has 0 aliphatic rings. The van der Waals surface area contributed by atoms with Gasteiger partial charge in [-0.15, -0.1) is 0 Å². The van der Waals surface area contributed by atoms with Crippen molar-refractivity contribution in [2.75, 3.05) is 6.26 Å². The molecule has 0 aliphatic heterocycles. The molecule has 9 heteroatoms. The summed E-state index contributed by atoms with van der Waals surface area (Å²) in [6.07, 6.45) is 1.72. The van der Waals surface area contributed by atoms with Crippen molar-refractivity contribution in [2.45, 2.75) is 11.8 Å². The van der Waals surface area contributed by atoms with E-state index in [9.17, 15) is 20.2 Å². The van der Waals surface area contributed by atoms with E-state index in [0.717, 1.165) is 5.56 Å². The van der Waals surface area contributed by atoms with Crippen LogP contribution in [0.25, 0.3) is 11.3 Å². The quantitative estimate of drug-likeness (QED) is 0.294. The summed E-state index contributed by atoms with van der Waals surface area (Å²) in [6.45, 7) is 0.171. The van der Waals surface area contributed by atoms with Gasteiger partial charge in [0, 0.05) is 11.6 Å². The van der Waals surface area contributed by atoms with Crippen molar-refractivity contribution in [3.63, 3.8) is 0 Å². The molecule has 3 aromatic rings. The summed E-state index contributed by atoms with van der Waals surface area (Å²) < 4.78 is 5.60. The third-order valence-electron chi connectivity index (χ3n) is 3.87. The van der Waals surface area contributed by atoms with E-state index in [1.807, 2.05) is 36.4 Å². The number of benzene rings is 2. The zero-order chi connectivity index (χ0) is 20.1. The number of hydrogen-bond acceptors (Lipinski definition) is 7. The van der Waals surface area contributed by atoms with Crippen LogP contribution in [0.3, 0.4) is 0 Å². The van der Waals surface area contributed by atoms with Gasteiger partial charge in [0.2, 0.25) is 0 Å². The minimum absolute atomic E-state index is 0.0889. The smallest absolute Gasteiger partial charge is 0.311 e. The van der Waals surface area contributed by atoms with E-state index in [0.29, 0.717) is 5.16 Å². The van der Waals surface area contributed by atoms with E-state index in [2.05, 4.69) is 9.97 Å². The standard InChI is InChI=1S/C19H14N4O4S/c1-28-19-21-17(14(10-20)18(24)22-19)13-7-8-16(15(9-13)23(25)26)27-11-12-5-3-2-4-6-12/h2-9H,11H2,1H3,(H,21,22,24). The fourth-order valence-corrected chi connectivity index (χ4v) is 2.90. The molecule has 0 fully saturated rings. The minimum atomic E-state index is -0.594. The molecule has 0 amide bonds. The van der Waals surface area contributed by atoms with Gasteiger partial charge in [-0.2, -0.15) is 5.26 Å². The molecule has 140 valence electrons. The fourth-order valence-electron chi connectivity index (χ4n) is 2.53. The molecule has 0 atom stereocenters. The molecular formula is C19H14N4O4S. The van der Waals surface area contributed by atoms with Gasteiger partial charge in [-0.1, -0.05) is 42.1 Å². The lowest BCUT2D eigenvalue weighted by molar-refractivity contribution is -0.385. The molecule has 1 heterocycles. The molecule has 0 unspecified atom stereocenters. The van der Waals surface area contributed by atoms with Crippen LogP contribution in [0.15, 0.2) is 58.5 Å². The number of thioether (sulfide) groups is 1. The third kappa shape index (κ3) is 4.02. The van der Waals surface area contributed by atoms with Crippen molar-refractivity contribution in [3.8, 4) is 23.1 Å². The van der Waals surface area contributed by atoms with Crippen molar-refractivity contribution in [3.05, 3.63) is 80.1 Å². The number of nitriles is 1. The van der Waals surface area contributed by atoms with E-state index >= 15 is 0 Å². The molecule has 1 N–H and O–H groups in total. The summed E-state index contributed by atoms with van der Waals surface area (Å²) in [5, 5.41) is 21.1. The van der Waals surface area contributed by atoms with Crippen LogP contribution in [0.5, 0.6) is 5.75 Å². The van der Waals surface area contributed by atoms with Gasteiger partial charge < -0.3 is 9.72 Å². The predicted octanol–water partition coefficient (Wildman–Crippen LogP) is 3.52. The number of ether oxygens (including phenoxy) is 1.